The number of carbonyl (C=O) groups excluding carboxylic acids is 1. The number of hydrogen-bond donors (Lipinski definition) is 1. The predicted octanol–water partition coefficient (Wildman–Crippen LogP) is 2.03. The molecule has 1 amide bonds. The predicted molar refractivity (Wildman–Crippen MR) is 77.7 cm³/mol. The van der Waals surface area contributed by atoms with Crippen LogP contribution in [0.2, 0.25) is 0 Å². The third-order valence-corrected chi connectivity index (χ3v) is 4.84. The number of methoxy groups -OCH3 is 1. The molecule has 1 heterocycles. The minimum absolute atomic E-state index is 0.113. The number of benzene rings is 1. The summed E-state index contributed by atoms with van der Waals surface area (Å²) in [6.45, 7) is 1.43. The summed E-state index contributed by atoms with van der Waals surface area (Å²) in [4.78, 5) is 14.3. The van der Waals surface area contributed by atoms with E-state index in [4.69, 9.17) is 10.5 Å². The van der Waals surface area contributed by atoms with Crippen molar-refractivity contribution in [3.63, 3.8) is 0 Å². The molecule has 1 saturated heterocycles. The van der Waals surface area contributed by atoms with Crippen LogP contribution in [0.15, 0.2) is 18.2 Å². The fourth-order valence-corrected chi connectivity index (χ4v) is 3.66. The van der Waals surface area contributed by atoms with E-state index >= 15 is 0 Å². The number of hydrogen-bond acceptors (Lipinski definition) is 3. The normalized spacial score (nSPS) is 28.3. The maximum absolute atomic E-state index is 13.7. The molecule has 3 unspecified atom stereocenters. The minimum Gasteiger partial charge on any atom is -0.494 e. The van der Waals surface area contributed by atoms with Gasteiger partial charge in [-0.3, -0.25) is 4.79 Å². The molecule has 0 radical (unpaired) electrons. The van der Waals surface area contributed by atoms with Gasteiger partial charge in [-0.25, -0.2) is 4.39 Å². The average molecular weight is 292 g/mol. The van der Waals surface area contributed by atoms with E-state index in [-0.39, 0.29) is 17.7 Å². The van der Waals surface area contributed by atoms with Gasteiger partial charge in [0.05, 0.1) is 7.11 Å². The molecular formula is C16H21FN2O2. The fraction of sp³-hybridized carbons (Fsp3) is 0.562. The third-order valence-electron chi connectivity index (χ3n) is 4.84. The first kappa shape index (κ1) is 14.3. The van der Waals surface area contributed by atoms with Gasteiger partial charge in [-0.2, -0.15) is 0 Å². The van der Waals surface area contributed by atoms with E-state index in [1.807, 2.05) is 4.90 Å². The molecule has 1 aromatic carbocycles. The maximum atomic E-state index is 13.7. The highest BCUT2D eigenvalue weighted by Crippen LogP contribution is 2.36. The Morgan fingerprint density at radius 3 is 2.86 bits per heavy atom. The average Bonchev–Trinajstić information content (AvgIpc) is 2.92. The standard InChI is InChI=1S/C16H21FN2O2/c1-21-15-6-5-10(7-13(15)17)16(20)19-8-11-3-2-4-14(18)12(11)9-19/h5-7,11-12,14H,2-4,8-9,18H2,1H3. The number of fused-ring (bicyclic) bond motifs is 1. The second-order valence-electron chi connectivity index (χ2n) is 6.08. The molecule has 4 nitrogen and oxygen atoms in total. The summed E-state index contributed by atoms with van der Waals surface area (Å²) in [6.07, 6.45) is 3.32. The number of likely N-dealkylation sites (tertiary alicyclic amines) is 1. The van der Waals surface area contributed by atoms with Crippen LogP contribution in [-0.4, -0.2) is 37.0 Å². The molecule has 0 aromatic heterocycles. The van der Waals surface area contributed by atoms with Crippen LogP contribution in [0.3, 0.4) is 0 Å². The lowest BCUT2D eigenvalue weighted by Gasteiger charge is -2.29. The summed E-state index contributed by atoms with van der Waals surface area (Å²) < 4.78 is 18.6. The number of ether oxygens (including phenoxy) is 1. The van der Waals surface area contributed by atoms with Crippen molar-refractivity contribution in [3.05, 3.63) is 29.6 Å². The Kier molecular flexibility index (Phi) is 3.85. The van der Waals surface area contributed by atoms with Gasteiger partial charge in [0.15, 0.2) is 11.6 Å². The van der Waals surface area contributed by atoms with Gasteiger partial charge in [-0.1, -0.05) is 6.42 Å². The van der Waals surface area contributed by atoms with Crippen molar-refractivity contribution < 1.29 is 13.9 Å². The lowest BCUT2D eigenvalue weighted by Crippen LogP contribution is -2.38. The largest absolute Gasteiger partial charge is 0.494 e. The molecule has 2 N–H and O–H groups in total. The zero-order valence-electron chi connectivity index (χ0n) is 12.2. The highest BCUT2D eigenvalue weighted by atomic mass is 19.1. The molecule has 3 rings (SSSR count). The van der Waals surface area contributed by atoms with Gasteiger partial charge in [0, 0.05) is 24.7 Å². The van der Waals surface area contributed by atoms with Crippen LogP contribution in [0.4, 0.5) is 4.39 Å². The number of carbonyl (C=O) groups is 1. The molecule has 21 heavy (non-hydrogen) atoms. The van der Waals surface area contributed by atoms with Crippen LogP contribution < -0.4 is 10.5 Å². The van der Waals surface area contributed by atoms with Crippen LogP contribution in [0.5, 0.6) is 5.75 Å². The summed E-state index contributed by atoms with van der Waals surface area (Å²) in [5, 5.41) is 0. The highest BCUT2D eigenvalue weighted by molar-refractivity contribution is 5.94. The van der Waals surface area contributed by atoms with Gasteiger partial charge >= 0.3 is 0 Å². The van der Waals surface area contributed by atoms with Crippen LogP contribution >= 0.6 is 0 Å². The summed E-state index contributed by atoms with van der Waals surface area (Å²) in [5.41, 5.74) is 6.54. The van der Waals surface area contributed by atoms with Gasteiger partial charge in [-0.15, -0.1) is 0 Å². The summed E-state index contributed by atoms with van der Waals surface area (Å²) >= 11 is 0. The quantitative estimate of drug-likeness (QED) is 0.907. The van der Waals surface area contributed by atoms with Gasteiger partial charge in [0.1, 0.15) is 0 Å². The SMILES string of the molecule is COc1ccc(C(=O)N2CC3CCCC(N)C3C2)cc1F. The smallest absolute Gasteiger partial charge is 0.253 e. The summed E-state index contributed by atoms with van der Waals surface area (Å²) in [7, 11) is 1.41. The van der Waals surface area contributed by atoms with Crippen molar-refractivity contribution in [2.45, 2.75) is 25.3 Å². The summed E-state index contributed by atoms with van der Waals surface area (Å²) in [6, 6.07) is 4.56. The topological polar surface area (TPSA) is 55.6 Å². The third kappa shape index (κ3) is 2.62. The number of rotatable bonds is 2. The van der Waals surface area contributed by atoms with E-state index in [0.717, 1.165) is 25.8 Å². The molecule has 0 bridgehead atoms. The van der Waals surface area contributed by atoms with Crippen molar-refractivity contribution >= 4 is 5.91 Å². The Morgan fingerprint density at radius 2 is 2.19 bits per heavy atom. The molecule has 1 saturated carbocycles. The fourth-order valence-electron chi connectivity index (χ4n) is 3.66. The zero-order chi connectivity index (χ0) is 15.0. The van der Waals surface area contributed by atoms with Crippen LogP contribution in [-0.2, 0) is 0 Å². The Balaban J connectivity index is 1.75. The van der Waals surface area contributed by atoms with Crippen LogP contribution in [0, 0.1) is 17.7 Å². The maximum Gasteiger partial charge on any atom is 0.253 e. The first-order chi connectivity index (χ1) is 10.1. The molecule has 1 aliphatic heterocycles. The molecule has 114 valence electrons. The van der Waals surface area contributed by atoms with Crippen molar-refractivity contribution in [2.75, 3.05) is 20.2 Å². The monoisotopic (exact) mass is 292 g/mol. The molecule has 1 aliphatic carbocycles. The molecule has 2 fully saturated rings. The number of nitrogens with two attached hydrogens (primary N) is 1. The van der Waals surface area contributed by atoms with Gasteiger partial charge in [-0.05, 0) is 42.9 Å². The molecule has 1 aromatic rings. The summed E-state index contributed by atoms with van der Waals surface area (Å²) in [5.74, 6) is 0.435. The molecule has 2 aliphatic rings. The molecule has 3 atom stereocenters. The van der Waals surface area contributed by atoms with Gasteiger partial charge in [0.25, 0.3) is 5.91 Å². The van der Waals surface area contributed by atoms with E-state index in [9.17, 15) is 9.18 Å². The highest BCUT2D eigenvalue weighted by Gasteiger charge is 2.40. The van der Waals surface area contributed by atoms with E-state index in [1.54, 1.807) is 6.07 Å². The number of amides is 1. The van der Waals surface area contributed by atoms with Crippen molar-refractivity contribution in [1.82, 2.24) is 4.90 Å². The molecule has 5 heteroatoms. The van der Waals surface area contributed by atoms with Gasteiger partial charge in [0.2, 0.25) is 0 Å². The molecular weight excluding hydrogens is 271 g/mol. The van der Waals surface area contributed by atoms with E-state index in [2.05, 4.69) is 0 Å². The van der Waals surface area contributed by atoms with Crippen LogP contribution in [0.25, 0.3) is 0 Å². The second-order valence-corrected chi connectivity index (χ2v) is 6.08. The lowest BCUT2D eigenvalue weighted by molar-refractivity contribution is 0.0783. The number of nitrogens with zero attached hydrogens (tertiary/aromatic N) is 1. The lowest BCUT2D eigenvalue weighted by atomic mass is 9.78. The van der Waals surface area contributed by atoms with Crippen molar-refractivity contribution in [1.29, 1.82) is 0 Å². The molecule has 0 spiro atoms. The first-order valence-corrected chi connectivity index (χ1v) is 7.48. The van der Waals surface area contributed by atoms with E-state index in [1.165, 1.54) is 19.2 Å². The minimum atomic E-state index is -0.503. The Morgan fingerprint density at radius 1 is 1.38 bits per heavy atom. The Bertz CT molecular complexity index is 549. The Labute approximate surface area is 124 Å². The second kappa shape index (κ2) is 5.64. The van der Waals surface area contributed by atoms with Gasteiger partial charge < -0.3 is 15.4 Å². The van der Waals surface area contributed by atoms with E-state index in [0.29, 0.717) is 23.9 Å². The van der Waals surface area contributed by atoms with Crippen molar-refractivity contribution in [3.8, 4) is 5.75 Å². The number of halogens is 1. The van der Waals surface area contributed by atoms with E-state index < -0.39 is 5.82 Å². The first-order valence-electron chi connectivity index (χ1n) is 7.48. The Hall–Kier alpha value is -1.62. The zero-order valence-corrected chi connectivity index (χ0v) is 12.2. The van der Waals surface area contributed by atoms with Crippen LogP contribution in [0.1, 0.15) is 29.6 Å². The van der Waals surface area contributed by atoms with Crippen molar-refractivity contribution in [2.24, 2.45) is 17.6 Å².